The lowest BCUT2D eigenvalue weighted by Crippen LogP contribution is -2.33. The third-order valence-electron chi connectivity index (χ3n) is 2.13. The molecule has 0 heterocycles. The van der Waals surface area contributed by atoms with Gasteiger partial charge < -0.3 is 14.7 Å². The third-order valence-corrected chi connectivity index (χ3v) is 2.13. The zero-order valence-electron chi connectivity index (χ0n) is 10.2. The van der Waals surface area contributed by atoms with Gasteiger partial charge in [0.1, 0.15) is 0 Å². The number of hydrogen-bond donors (Lipinski definition) is 1. The number of aliphatic hydroxyl groups is 1. The van der Waals surface area contributed by atoms with E-state index in [0.29, 0.717) is 18.6 Å². The van der Waals surface area contributed by atoms with E-state index in [2.05, 4.69) is 25.7 Å². The lowest BCUT2D eigenvalue weighted by atomic mass is 9.92. The summed E-state index contributed by atoms with van der Waals surface area (Å²) in [6.45, 7) is 8.80. The largest absolute Gasteiger partial charge is 0.389 e. The van der Waals surface area contributed by atoms with E-state index in [4.69, 9.17) is 4.74 Å². The molecule has 1 N–H and O–H groups in total. The number of aliphatic hydroxyl groups excluding tert-OH is 1. The zero-order valence-corrected chi connectivity index (χ0v) is 10.2. The van der Waals surface area contributed by atoms with Crippen LogP contribution in [0, 0.1) is 5.41 Å². The monoisotopic (exact) mass is 203 g/mol. The second-order valence-electron chi connectivity index (χ2n) is 5.18. The SMILES string of the molecule is COCC(O)CN(C)CCC(C)(C)C. The Hall–Kier alpha value is -0.120. The van der Waals surface area contributed by atoms with E-state index in [1.807, 2.05) is 7.05 Å². The van der Waals surface area contributed by atoms with Gasteiger partial charge >= 0.3 is 0 Å². The molecule has 0 aromatic carbocycles. The number of nitrogens with zero attached hydrogens (tertiary/aromatic N) is 1. The number of methoxy groups -OCH3 is 1. The Morgan fingerprint density at radius 2 is 1.93 bits per heavy atom. The van der Waals surface area contributed by atoms with Crippen molar-refractivity contribution in [2.24, 2.45) is 5.41 Å². The minimum absolute atomic E-state index is 0.362. The molecule has 0 fully saturated rings. The van der Waals surface area contributed by atoms with Crippen molar-refractivity contribution in [2.45, 2.75) is 33.3 Å². The Labute approximate surface area is 88.1 Å². The van der Waals surface area contributed by atoms with E-state index in [9.17, 15) is 5.11 Å². The van der Waals surface area contributed by atoms with Gasteiger partial charge in [0.25, 0.3) is 0 Å². The average Bonchev–Trinajstić information content (AvgIpc) is 2.00. The summed E-state index contributed by atoms with van der Waals surface area (Å²) in [5.41, 5.74) is 0.362. The highest BCUT2D eigenvalue weighted by molar-refractivity contribution is 4.66. The number of likely N-dealkylation sites (N-methyl/N-ethyl adjacent to an activating group) is 1. The van der Waals surface area contributed by atoms with Crippen molar-refractivity contribution in [1.82, 2.24) is 4.90 Å². The predicted molar refractivity (Wildman–Crippen MR) is 59.5 cm³/mol. The molecule has 0 rings (SSSR count). The highest BCUT2D eigenvalue weighted by atomic mass is 16.5. The van der Waals surface area contributed by atoms with Gasteiger partial charge in [0.15, 0.2) is 0 Å². The second-order valence-corrected chi connectivity index (χ2v) is 5.18. The fourth-order valence-electron chi connectivity index (χ4n) is 1.22. The number of rotatable bonds is 6. The molecule has 86 valence electrons. The van der Waals surface area contributed by atoms with E-state index in [1.54, 1.807) is 7.11 Å². The quantitative estimate of drug-likeness (QED) is 0.707. The summed E-state index contributed by atoms with van der Waals surface area (Å²) in [5, 5.41) is 9.48. The van der Waals surface area contributed by atoms with Gasteiger partial charge in [-0.25, -0.2) is 0 Å². The molecule has 3 heteroatoms. The molecule has 0 spiro atoms. The van der Waals surface area contributed by atoms with Gasteiger partial charge in [0, 0.05) is 13.7 Å². The van der Waals surface area contributed by atoms with Crippen molar-refractivity contribution >= 4 is 0 Å². The third kappa shape index (κ3) is 8.48. The van der Waals surface area contributed by atoms with Crippen molar-refractivity contribution in [2.75, 3.05) is 33.9 Å². The van der Waals surface area contributed by atoms with Crippen LogP contribution in [0.4, 0.5) is 0 Å². The fourth-order valence-corrected chi connectivity index (χ4v) is 1.22. The molecule has 0 aliphatic heterocycles. The molecule has 0 saturated heterocycles. The smallest absolute Gasteiger partial charge is 0.0899 e. The summed E-state index contributed by atoms with van der Waals surface area (Å²) in [5.74, 6) is 0. The van der Waals surface area contributed by atoms with E-state index in [1.165, 1.54) is 0 Å². The Morgan fingerprint density at radius 3 is 2.36 bits per heavy atom. The molecule has 0 aliphatic rings. The van der Waals surface area contributed by atoms with Crippen LogP contribution in [0.2, 0.25) is 0 Å². The molecular formula is C11H25NO2. The van der Waals surface area contributed by atoms with Gasteiger partial charge in [-0.05, 0) is 25.4 Å². The standard InChI is InChI=1S/C11H25NO2/c1-11(2,3)6-7-12(4)8-10(13)9-14-5/h10,13H,6-9H2,1-5H3. The van der Waals surface area contributed by atoms with Gasteiger partial charge in [0.05, 0.1) is 12.7 Å². The lowest BCUT2D eigenvalue weighted by molar-refractivity contribution is 0.0414. The molecule has 0 saturated carbocycles. The Balaban J connectivity index is 3.59. The Kier molecular flexibility index (Phi) is 6.33. The molecule has 0 aliphatic carbocycles. The predicted octanol–water partition coefficient (Wildman–Crippen LogP) is 1.36. The Morgan fingerprint density at radius 1 is 1.36 bits per heavy atom. The summed E-state index contributed by atoms with van der Waals surface area (Å²) >= 11 is 0. The highest BCUT2D eigenvalue weighted by Gasteiger charge is 2.13. The molecule has 0 amide bonds. The highest BCUT2D eigenvalue weighted by Crippen LogP contribution is 2.18. The van der Waals surface area contributed by atoms with Gasteiger partial charge in [-0.1, -0.05) is 20.8 Å². The van der Waals surface area contributed by atoms with Crippen molar-refractivity contribution in [1.29, 1.82) is 0 Å². The second kappa shape index (κ2) is 6.38. The summed E-state index contributed by atoms with van der Waals surface area (Å²) in [7, 11) is 3.64. The normalized spacial score (nSPS) is 14.8. The van der Waals surface area contributed by atoms with Crippen molar-refractivity contribution < 1.29 is 9.84 Å². The van der Waals surface area contributed by atoms with E-state index >= 15 is 0 Å². The summed E-state index contributed by atoms with van der Waals surface area (Å²) in [4.78, 5) is 2.15. The first-order valence-corrected chi connectivity index (χ1v) is 5.20. The molecule has 1 unspecified atom stereocenters. The van der Waals surface area contributed by atoms with Crippen LogP contribution in [0.3, 0.4) is 0 Å². The summed E-state index contributed by atoms with van der Waals surface area (Å²) in [6.07, 6.45) is 0.772. The topological polar surface area (TPSA) is 32.7 Å². The maximum Gasteiger partial charge on any atom is 0.0899 e. The van der Waals surface area contributed by atoms with Crippen LogP contribution in [0.5, 0.6) is 0 Å². The maximum absolute atomic E-state index is 9.48. The van der Waals surface area contributed by atoms with Crippen LogP contribution in [-0.4, -0.2) is 50.0 Å². The van der Waals surface area contributed by atoms with Gasteiger partial charge in [0.2, 0.25) is 0 Å². The van der Waals surface area contributed by atoms with Crippen molar-refractivity contribution in [3.63, 3.8) is 0 Å². The first kappa shape index (κ1) is 13.9. The molecule has 0 radical (unpaired) electrons. The minimum Gasteiger partial charge on any atom is -0.389 e. The molecular weight excluding hydrogens is 178 g/mol. The molecule has 0 aromatic rings. The molecule has 14 heavy (non-hydrogen) atoms. The molecule has 1 atom stereocenters. The van der Waals surface area contributed by atoms with Crippen molar-refractivity contribution in [3.05, 3.63) is 0 Å². The van der Waals surface area contributed by atoms with Crippen LogP contribution in [0.25, 0.3) is 0 Å². The lowest BCUT2D eigenvalue weighted by Gasteiger charge is -2.25. The van der Waals surface area contributed by atoms with Gasteiger partial charge in [-0.2, -0.15) is 0 Å². The number of hydrogen-bond acceptors (Lipinski definition) is 3. The van der Waals surface area contributed by atoms with Crippen LogP contribution < -0.4 is 0 Å². The van der Waals surface area contributed by atoms with E-state index in [0.717, 1.165) is 13.0 Å². The van der Waals surface area contributed by atoms with Crippen LogP contribution >= 0.6 is 0 Å². The molecule has 3 nitrogen and oxygen atoms in total. The van der Waals surface area contributed by atoms with Gasteiger partial charge in [-0.3, -0.25) is 0 Å². The maximum atomic E-state index is 9.48. The minimum atomic E-state index is -0.370. The summed E-state index contributed by atoms with van der Waals surface area (Å²) < 4.78 is 4.87. The molecule has 0 aromatic heterocycles. The Bertz CT molecular complexity index is 143. The summed E-state index contributed by atoms with van der Waals surface area (Å²) in [6, 6.07) is 0. The zero-order chi connectivity index (χ0) is 11.2. The first-order valence-electron chi connectivity index (χ1n) is 5.20. The average molecular weight is 203 g/mol. The fraction of sp³-hybridized carbons (Fsp3) is 1.00. The van der Waals surface area contributed by atoms with Crippen LogP contribution in [0.15, 0.2) is 0 Å². The van der Waals surface area contributed by atoms with Gasteiger partial charge in [-0.15, -0.1) is 0 Å². The van der Waals surface area contributed by atoms with Crippen molar-refractivity contribution in [3.8, 4) is 0 Å². The molecule has 0 bridgehead atoms. The van der Waals surface area contributed by atoms with Crippen LogP contribution in [0.1, 0.15) is 27.2 Å². The van der Waals surface area contributed by atoms with Crippen LogP contribution in [-0.2, 0) is 4.74 Å². The first-order chi connectivity index (χ1) is 6.35. The number of ether oxygens (including phenoxy) is 1. The van der Waals surface area contributed by atoms with E-state index < -0.39 is 0 Å². The van der Waals surface area contributed by atoms with E-state index in [-0.39, 0.29) is 6.10 Å².